The summed E-state index contributed by atoms with van der Waals surface area (Å²) in [5.41, 5.74) is 0.731. The third kappa shape index (κ3) is 3.74. The van der Waals surface area contributed by atoms with Crippen molar-refractivity contribution in [2.24, 2.45) is 7.05 Å². The van der Waals surface area contributed by atoms with E-state index in [1.165, 1.54) is 29.8 Å². The molecule has 27 heavy (non-hydrogen) atoms. The summed E-state index contributed by atoms with van der Waals surface area (Å²) in [6.07, 6.45) is 0.856. The first-order chi connectivity index (χ1) is 12.6. The number of anilines is 1. The monoisotopic (exact) mass is 397 g/mol. The number of hydrogen-bond acceptors (Lipinski definition) is 3. The van der Waals surface area contributed by atoms with Gasteiger partial charge in [-0.05, 0) is 44.9 Å². The van der Waals surface area contributed by atoms with Crippen molar-refractivity contribution in [3.63, 3.8) is 0 Å². The highest BCUT2D eigenvalue weighted by Crippen LogP contribution is 2.28. The van der Waals surface area contributed by atoms with Crippen LogP contribution >= 0.6 is 0 Å². The number of carbonyl (C=O) groups excluding carboxylic acids is 1. The highest BCUT2D eigenvalue weighted by atomic mass is 32.2. The normalized spacial score (nSPS) is 19.8. The smallest absolute Gasteiger partial charge is 0.272 e. The fraction of sp³-hybridized carbons (Fsp3) is 0.389. The second-order valence-electron chi connectivity index (χ2n) is 6.80. The van der Waals surface area contributed by atoms with Gasteiger partial charge in [0.2, 0.25) is 10.0 Å². The van der Waals surface area contributed by atoms with Crippen molar-refractivity contribution in [1.82, 2.24) is 9.29 Å². The molecule has 1 amide bonds. The van der Waals surface area contributed by atoms with Crippen LogP contribution in [0.4, 0.5) is 14.5 Å². The van der Waals surface area contributed by atoms with Gasteiger partial charge < -0.3 is 9.88 Å². The van der Waals surface area contributed by atoms with Crippen LogP contribution in [-0.2, 0) is 23.5 Å². The van der Waals surface area contributed by atoms with E-state index in [0.29, 0.717) is 18.4 Å². The lowest BCUT2D eigenvalue weighted by Gasteiger charge is -2.11. The first-order valence-electron chi connectivity index (χ1n) is 8.55. The minimum atomic E-state index is -3.71. The van der Waals surface area contributed by atoms with Crippen LogP contribution in [0.2, 0.25) is 0 Å². The Hall–Kier alpha value is -2.26. The summed E-state index contributed by atoms with van der Waals surface area (Å²) in [7, 11) is -2.12. The SMILES string of the molecule is CC(F)c1cc(NC(=O)c2c3c(cn2C)S(=O)(=O)N[C@@H](C)CC3)ccc1F. The van der Waals surface area contributed by atoms with Crippen molar-refractivity contribution in [3.8, 4) is 0 Å². The molecule has 1 aliphatic heterocycles. The summed E-state index contributed by atoms with van der Waals surface area (Å²) >= 11 is 0. The van der Waals surface area contributed by atoms with Gasteiger partial charge in [-0.15, -0.1) is 0 Å². The van der Waals surface area contributed by atoms with Gasteiger partial charge in [-0.3, -0.25) is 4.79 Å². The summed E-state index contributed by atoms with van der Waals surface area (Å²) in [4.78, 5) is 12.9. The number of halogens is 2. The summed E-state index contributed by atoms with van der Waals surface area (Å²) in [5.74, 6) is -1.23. The molecule has 9 heteroatoms. The number of benzene rings is 1. The maximum absolute atomic E-state index is 13.7. The zero-order valence-electron chi connectivity index (χ0n) is 15.2. The Labute approximate surface area is 156 Å². The lowest BCUT2D eigenvalue weighted by molar-refractivity contribution is 0.101. The third-order valence-corrected chi connectivity index (χ3v) is 6.26. The molecule has 0 spiro atoms. The van der Waals surface area contributed by atoms with Gasteiger partial charge in [0.15, 0.2) is 0 Å². The average Bonchev–Trinajstić information content (AvgIpc) is 2.86. The predicted molar refractivity (Wildman–Crippen MR) is 97.4 cm³/mol. The molecule has 1 aliphatic rings. The van der Waals surface area contributed by atoms with E-state index in [0.717, 1.165) is 6.07 Å². The zero-order chi connectivity index (χ0) is 19.9. The molecule has 0 aliphatic carbocycles. The Morgan fingerprint density at radius 2 is 2.11 bits per heavy atom. The minimum Gasteiger partial charge on any atom is -0.345 e. The fourth-order valence-corrected chi connectivity index (χ4v) is 4.88. The zero-order valence-corrected chi connectivity index (χ0v) is 16.0. The molecule has 0 fully saturated rings. The predicted octanol–water partition coefficient (Wildman–Crippen LogP) is 3.06. The molecule has 1 aromatic carbocycles. The number of aromatic nitrogens is 1. The van der Waals surface area contributed by atoms with Crippen LogP contribution in [0.3, 0.4) is 0 Å². The number of amides is 1. The van der Waals surface area contributed by atoms with E-state index < -0.39 is 27.9 Å². The van der Waals surface area contributed by atoms with Gasteiger partial charge >= 0.3 is 0 Å². The molecule has 146 valence electrons. The molecule has 0 bridgehead atoms. The summed E-state index contributed by atoms with van der Waals surface area (Å²) < 4.78 is 56.1. The van der Waals surface area contributed by atoms with Gasteiger partial charge in [-0.25, -0.2) is 21.9 Å². The molecule has 1 unspecified atom stereocenters. The summed E-state index contributed by atoms with van der Waals surface area (Å²) in [5, 5.41) is 2.61. The van der Waals surface area contributed by atoms with E-state index in [2.05, 4.69) is 10.0 Å². The standard InChI is InChI=1S/C18H21F2N3O3S/c1-10-4-6-13-16(27(25,26)22-10)9-23(3)17(13)18(24)21-12-5-7-15(20)14(8-12)11(2)19/h5,7-11,22H,4,6H2,1-3H3,(H,21,24)/t10-,11?/m0/s1. The van der Waals surface area contributed by atoms with E-state index >= 15 is 0 Å². The largest absolute Gasteiger partial charge is 0.345 e. The van der Waals surface area contributed by atoms with Crippen LogP contribution in [0.5, 0.6) is 0 Å². The van der Waals surface area contributed by atoms with Crippen LogP contribution in [0.1, 0.15) is 48.1 Å². The van der Waals surface area contributed by atoms with E-state index in [9.17, 15) is 22.0 Å². The van der Waals surface area contributed by atoms with Gasteiger partial charge in [-0.1, -0.05) is 0 Å². The van der Waals surface area contributed by atoms with Crippen LogP contribution in [0.15, 0.2) is 29.3 Å². The number of alkyl halides is 1. The third-order valence-electron chi connectivity index (χ3n) is 4.62. The van der Waals surface area contributed by atoms with Crippen LogP contribution in [0, 0.1) is 5.82 Å². The van der Waals surface area contributed by atoms with E-state index in [1.807, 2.05) is 0 Å². The van der Waals surface area contributed by atoms with Crippen LogP contribution in [0.25, 0.3) is 0 Å². The van der Waals surface area contributed by atoms with Crippen LogP contribution < -0.4 is 10.0 Å². The highest BCUT2D eigenvalue weighted by Gasteiger charge is 2.31. The molecular weight excluding hydrogens is 376 g/mol. The number of nitrogens with one attached hydrogen (secondary N) is 2. The number of rotatable bonds is 3. The van der Waals surface area contributed by atoms with Gasteiger partial charge in [-0.2, -0.15) is 0 Å². The molecule has 0 saturated carbocycles. The van der Waals surface area contributed by atoms with E-state index in [1.54, 1.807) is 14.0 Å². The minimum absolute atomic E-state index is 0.0803. The molecule has 3 rings (SSSR count). The van der Waals surface area contributed by atoms with Crippen LogP contribution in [-0.4, -0.2) is 24.9 Å². The Kier molecular flexibility index (Phi) is 5.09. The van der Waals surface area contributed by atoms with Crippen molar-refractivity contribution >= 4 is 21.6 Å². The Morgan fingerprint density at radius 3 is 2.78 bits per heavy atom. The van der Waals surface area contributed by atoms with Crippen molar-refractivity contribution in [1.29, 1.82) is 0 Å². The number of fused-ring (bicyclic) bond motifs is 1. The highest BCUT2D eigenvalue weighted by molar-refractivity contribution is 7.89. The fourth-order valence-electron chi connectivity index (χ4n) is 3.28. The second-order valence-corrected chi connectivity index (χ2v) is 8.48. The van der Waals surface area contributed by atoms with Gasteiger partial charge in [0.25, 0.3) is 5.91 Å². The number of aryl methyl sites for hydroxylation is 1. The van der Waals surface area contributed by atoms with E-state index in [-0.39, 0.29) is 27.9 Å². The number of nitrogens with zero attached hydrogens (tertiary/aromatic N) is 1. The summed E-state index contributed by atoms with van der Waals surface area (Å²) in [6, 6.07) is 3.41. The van der Waals surface area contributed by atoms with Gasteiger partial charge in [0.05, 0.1) is 0 Å². The van der Waals surface area contributed by atoms with Crippen molar-refractivity contribution in [3.05, 3.63) is 47.0 Å². The van der Waals surface area contributed by atoms with Gasteiger partial charge in [0.1, 0.15) is 22.6 Å². The Bertz CT molecular complexity index is 1000. The number of hydrogen-bond donors (Lipinski definition) is 2. The number of sulfonamides is 1. The quantitative estimate of drug-likeness (QED) is 0.835. The first-order valence-corrected chi connectivity index (χ1v) is 10.0. The second kappa shape index (κ2) is 7.05. The van der Waals surface area contributed by atoms with Crippen molar-refractivity contribution < 1.29 is 22.0 Å². The Morgan fingerprint density at radius 1 is 1.41 bits per heavy atom. The maximum Gasteiger partial charge on any atom is 0.272 e. The van der Waals surface area contributed by atoms with Crippen molar-refractivity contribution in [2.75, 3.05) is 5.32 Å². The summed E-state index contributed by atoms with van der Waals surface area (Å²) in [6.45, 7) is 2.97. The molecule has 2 N–H and O–H groups in total. The molecular formula is C18H21F2N3O3S. The molecule has 0 radical (unpaired) electrons. The molecule has 6 nitrogen and oxygen atoms in total. The topological polar surface area (TPSA) is 80.2 Å². The first kappa shape index (κ1) is 19.5. The lowest BCUT2D eigenvalue weighted by Crippen LogP contribution is -2.30. The van der Waals surface area contributed by atoms with E-state index in [4.69, 9.17) is 0 Å². The van der Waals surface area contributed by atoms with Gasteiger partial charge in [0, 0.05) is 36.1 Å². The lowest BCUT2D eigenvalue weighted by atomic mass is 10.1. The molecule has 2 heterocycles. The van der Waals surface area contributed by atoms with Crippen molar-refractivity contribution in [2.45, 2.75) is 43.8 Å². The molecule has 0 saturated heterocycles. The molecule has 2 aromatic rings. The Balaban J connectivity index is 1.98. The number of carbonyl (C=O) groups is 1. The molecule has 2 atom stereocenters. The maximum atomic E-state index is 13.7. The average molecular weight is 397 g/mol. The molecule has 1 aromatic heterocycles.